The zero-order valence-corrected chi connectivity index (χ0v) is 10.4. The molecule has 1 N–H and O–H groups in total. The Kier molecular flexibility index (Phi) is 5.28. The maximum absolute atomic E-state index is 11.5. The summed E-state index contributed by atoms with van der Waals surface area (Å²) in [5, 5.41) is 4.77. The summed E-state index contributed by atoms with van der Waals surface area (Å²) in [4.78, 5) is 23.0. The molecule has 88 valence electrons. The molecule has 0 aliphatic heterocycles. The molecule has 0 unspecified atom stereocenters. The minimum absolute atomic E-state index is 0.169. The Morgan fingerprint density at radius 1 is 1.56 bits per heavy atom. The topological polar surface area (TPSA) is 55.4 Å². The van der Waals surface area contributed by atoms with E-state index >= 15 is 0 Å². The summed E-state index contributed by atoms with van der Waals surface area (Å²) >= 11 is 7.05. The Hall–Kier alpha value is -1.07. The van der Waals surface area contributed by atoms with Gasteiger partial charge in [-0.2, -0.15) is 0 Å². The monoisotopic (exact) mass is 261 g/mol. The van der Waals surface area contributed by atoms with E-state index in [1.54, 1.807) is 18.4 Å². The van der Waals surface area contributed by atoms with Crippen LogP contribution in [0.2, 0.25) is 5.02 Å². The fourth-order valence-electron chi connectivity index (χ4n) is 1.05. The van der Waals surface area contributed by atoms with Crippen LogP contribution < -0.4 is 5.32 Å². The van der Waals surface area contributed by atoms with E-state index in [-0.39, 0.29) is 24.8 Å². The van der Waals surface area contributed by atoms with Crippen molar-refractivity contribution >= 4 is 34.8 Å². The Labute approximate surface area is 103 Å². The lowest BCUT2D eigenvalue weighted by Crippen LogP contribution is -2.26. The van der Waals surface area contributed by atoms with Crippen LogP contribution in [0.4, 0.5) is 0 Å². The number of hydrogen-bond acceptors (Lipinski definition) is 4. The molecule has 0 atom stereocenters. The van der Waals surface area contributed by atoms with Crippen molar-refractivity contribution in [3.05, 3.63) is 21.3 Å². The molecule has 0 spiro atoms. The summed E-state index contributed by atoms with van der Waals surface area (Å²) in [5.74, 6) is -0.579. The molecular weight excluding hydrogens is 250 g/mol. The van der Waals surface area contributed by atoms with Crippen LogP contribution in [0, 0.1) is 0 Å². The molecule has 1 heterocycles. The summed E-state index contributed by atoms with van der Waals surface area (Å²) in [5.41, 5.74) is 0. The van der Waals surface area contributed by atoms with Gasteiger partial charge in [0.05, 0.1) is 18.1 Å². The molecule has 0 saturated heterocycles. The van der Waals surface area contributed by atoms with Crippen molar-refractivity contribution in [2.75, 3.05) is 13.2 Å². The van der Waals surface area contributed by atoms with Crippen LogP contribution in [0.3, 0.4) is 0 Å². The predicted molar refractivity (Wildman–Crippen MR) is 62.9 cm³/mol. The van der Waals surface area contributed by atoms with Crippen LogP contribution in [0.25, 0.3) is 0 Å². The lowest BCUT2D eigenvalue weighted by Gasteiger charge is -2.03. The van der Waals surface area contributed by atoms with E-state index in [9.17, 15) is 9.59 Å². The highest BCUT2D eigenvalue weighted by molar-refractivity contribution is 7.12. The Balaban J connectivity index is 2.31. The van der Waals surface area contributed by atoms with Gasteiger partial charge in [0.1, 0.15) is 4.88 Å². The van der Waals surface area contributed by atoms with E-state index in [0.717, 1.165) is 0 Å². The number of carbonyl (C=O) groups excluding carboxylic acids is 2. The summed E-state index contributed by atoms with van der Waals surface area (Å²) in [6.07, 6.45) is 0.169. The highest BCUT2D eigenvalue weighted by Crippen LogP contribution is 2.21. The number of amides is 1. The summed E-state index contributed by atoms with van der Waals surface area (Å²) in [6, 6.07) is 1.66. The smallest absolute Gasteiger partial charge is 0.307 e. The van der Waals surface area contributed by atoms with E-state index < -0.39 is 0 Å². The van der Waals surface area contributed by atoms with Crippen LogP contribution in [-0.4, -0.2) is 25.0 Å². The lowest BCUT2D eigenvalue weighted by molar-refractivity contribution is -0.142. The normalized spacial score (nSPS) is 9.88. The van der Waals surface area contributed by atoms with Crippen molar-refractivity contribution < 1.29 is 14.3 Å². The second-order valence-electron chi connectivity index (χ2n) is 2.91. The molecule has 0 bridgehead atoms. The first kappa shape index (κ1) is 13.0. The molecule has 0 aromatic carbocycles. The Morgan fingerprint density at radius 3 is 2.88 bits per heavy atom. The number of rotatable bonds is 5. The van der Waals surface area contributed by atoms with Gasteiger partial charge in [-0.3, -0.25) is 9.59 Å². The molecular formula is C10H12ClNO3S. The predicted octanol–water partition coefficient (Wildman–Crippen LogP) is 2.08. The summed E-state index contributed by atoms with van der Waals surface area (Å²) in [7, 11) is 0. The van der Waals surface area contributed by atoms with Crippen LogP contribution in [0.5, 0.6) is 0 Å². The summed E-state index contributed by atoms with van der Waals surface area (Å²) in [6.45, 7) is 2.34. The average Bonchev–Trinajstić information content (AvgIpc) is 2.64. The van der Waals surface area contributed by atoms with Crippen LogP contribution in [0.15, 0.2) is 11.4 Å². The van der Waals surface area contributed by atoms with Gasteiger partial charge in [-0.05, 0) is 18.4 Å². The van der Waals surface area contributed by atoms with E-state index in [4.69, 9.17) is 16.3 Å². The molecule has 0 radical (unpaired) electrons. The molecule has 4 nitrogen and oxygen atoms in total. The molecule has 1 aromatic rings. The number of esters is 1. The second-order valence-corrected chi connectivity index (χ2v) is 4.23. The quantitative estimate of drug-likeness (QED) is 0.826. The summed E-state index contributed by atoms with van der Waals surface area (Å²) < 4.78 is 4.72. The van der Waals surface area contributed by atoms with Gasteiger partial charge in [0.15, 0.2) is 0 Å². The minimum Gasteiger partial charge on any atom is -0.466 e. The van der Waals surface area contributed by atoms with Crippen molar-refractivity contribution in [1.82, 2.24) is 5.32 Å². The minimum atomic E-state index is -0.319. The number of hydrogen-bond donors (Lipinski definition) is 1. The van der Waals surface area contributed by atoms with Crippen molar-refractivity contribution in [2.24, 2.45) is 0 Å². The van der Waals surface area contributed by atoms with Gasteiger partial charge >= 0.3 is 5.97 Å². The van der Waals surface area contributed by atoms with Crippen LogP contribution in [0.1, 0.15) is 23.0 Å². The number of thiophene rings is 1. The molecule has 1 aromatic heterocycles. The average molecular weight is 262 g/mol. The standard InChI is InChI=1S/C10H12ClNO3S/c1-2-15-8(13)3-5-12-10(14)9-7(11)4-6-16-9/h4,6H,2-3,5H2,1H3,(H,12,14). The third-order valence-corrected chi connectivity index (χ3v) is 3.08. The van der Waals surface area contributed by atoms with E-state index in [1.165, 1.54) is 11.3 Å². The first-order valence-corrected chi connectivity index (χ1v) is 6.07. The maximum atomic E-state index is 11.5. The zero-order valence-electron chi connectivity index (χ0n) is 8.79. The van der Waals surface area contributed by atoms with Crippen LogP contribution in [-0.2, 0) is 9.53 Å². The van der Waals surface area contributed by atoms with Crippen molar-refractivity contribution in [3.8, 4) is 0 Å². The molecule has 0 saturated carbocycles. The molecule has 6 heteroatoms. The molecule has 16 heavy (non-hydrogen) atoms. The third kappa shape index (κ3) is 3.83. The first-order valence-electron chi connectivity index (χ1n) is 4.82. The third-order valence-electron chi connectivity index (χ3n) is 1.74. The number of halogens is 1. The Morgan fingerprint density at radius 2 is 2.31 bits per heavy atom. The highest BCUT2D eigenvalue weighted by Gasteiger charge is 2.11. The SMILES string of the molecule is CCOC(=O)CCNC(=O)c1sccc1Cl. The molecule has 0 aliphatic carbocycles. The Bertz CT molecular complexity index is 378. The van der Waals surface area contributed by atoms with Crippen molar-refractivity contribution in [1.29, 1.82) is 0 Å². The second kappa shape index (κ2) is 6.50. The van der Waals surface area contributed by atoms with E-state index in [2.05, 4.69) is 5.32 Å². The highest BCUT2D eigenvalue weighted by atomic mass is 35.5. The molecule has 0 fully saturated rings. The van der Waals surface area contributed by atoms with Gasteiger partial charge in [-0.15, -0.1) is 11.3 Å². The van der Waals surface area contributed by atoms with E-state index in [0.29, 0.717) is 16.5 Å². The number of ether oxygens (including phenoxy) is 1. The molecule has 1 rings (SSSR count). The maximum Gasteiger partial charge on any atom is 0.307 e. The fourth-order valence-corrected chi connectivity index (χ4v) is 2.10. The lowest BCUT2D eigenvalue weighted by atomic mass is 10.4. The van der Waals surface area contributed by atoms with Gasteiger partial charge in [0, 0.05) is 6.54 Å². The zero-order chi connectivity index (χ0) is 12.0. The van der Waals surface area contributed by atoms with Gasteiger partial charge in [0.2, 0.25) is 0 Å². The molecule has 0 aliphatic rings. The van der Waals surface area contributed by atoms with Gasteiger partial charge < -0.3 is 10.1 Å². The molecule has 1 amide bonds. The number of nitrogens with one attached hydrogen (secondary N) is 1. The van der Waals surface area contributed by atoms with Gasteiger partial charge in [-0.1, -0.05) is 11.6 Å². The van der Waals surface area contributed by atoms with Crippen molar-refractivity contribution in [3.63, 3.8) is 0 Å². The van der Waals surface area contributed by atoms with Gasteiger partial charge in [-0.25, -0.2) is 0 Å². The van der Waals surface area contributed by atoms with E-state index in [1.807, 2.05) is 0 Å². The van der Waals surface area contributed by atoms with Crippen LogP contribution >= 0.6 is 22.9 Å². The number of carbonyl (C=O) groups is 2. The van der Waals surface area contributed by atoms with Gasteiger partial charge in [0.25, 0.3) is 5.91 Å². The van der Waals surface area contributed by atoms with Crippen molar-refractivity contribution in [2.45, 2.75) is 13.3 Å². The fraction of sp³-hybridized carbons (Fsp3) is 0.400. The largest absolute Gasteiger partial charge is 0.466 e. The first-order chi connectivity index (χ1) is 7.65.